The number of fused-ring (bicyclic) bond motifs is 1. The maximum Gasteiger partial charge on any atom is 0.261 e. The fourth-order valence-electron chi connectivity index (χ4n) is 1.91. The van der Waals surface area contributed by atoms with Crippen molar-refractivity contribution in [3.05, 3.63) is 65.0 Å². The van der Waals surface area contributed by atoms with Crippen molar-refractivity contribution < 1.29 is 9.18 Å². The Kier molecular flexibility index (Phi) is 3.43. The number of rotatable bonds is 3. The Labute approximate surface area is 119 Å². The fraction of sp³-hybridized carbons (Fsp3) is 0.0667. The summed E-state index contributed by atoms with van der Waals surface area (Å²) in [5.41, 5.74) is 0.924. The Morgan fingerprint density at radius 2 is 2.20 bits per heavy atom. The molecule has 0 aliphatic carbocycles. The molecule has 1 aromatic carbocycles. The van der Waals surface area contributed by atoms with E-state index in [2.05, 4.69) is 10.3 Å². The van der Waals surface area contributed by atoms with Crippen molar-refractivity contribution in [3.63, 3.8) is 0 Å². The summed E-state index contributed by atoms with van der Waals surface area (Å²) in [6.45, 7) is 0.406. The molecule has 0 radical (unpaired) electrons. The van der Waals surface area contributed by atoms with Crippen LogP contribution < -0.4 is 5.32 Å². The molecule has 1 N–H and O–H groups in total. The maximum absolute atomic E-state index is 13.6. The number of benzene rings is 1. The molecule has 0 bridgehead atoms. The predicted molar refractivity (Wildman–Crippen MR) is 77.2 cm³/mol. The number of carbonyl (C=O) groups is 1. The highest BCUT2D eigenvalue weighted by Gasteiger charge is 2.12. The Balaban J connectivity index is 1.77. The van der Waals surface area contributed by atoms with Crippen LogP contribution in [-0.4, -0.2) is 10.9 Å². The van der Waals surface area contributed by atoms with Crippen LogP contribution >= 0.6 is 11.3 Å². The molecule has 100 valence electrons. The van der Waals surface area contributed by atoms with Gasteiger partial charge in [-0.1, -0.05) is 12.1 Å². The van der Waals surface area contributed by atoms with Gasteiger partial charge in [-0.15, -0.1) is 11.3 Å². The van der Waals surface area contributed by atoms with Crippen LogP contribution in [0.3, 0.4) is 0 Å². The number of halogens is 1. The van der Waals surface area contributed by atoms with Gasteiger partial charge in [-0.2, -0.15) is 0 Å². The molecule has 1 amide bonds. The molecule has 0 aliphatic rings. The van der Waals surface area contributed by atoms with E-state index >= 15 is 0 Å². The highest BCUT2D eigenvalue weighted by Crippen LogP contribution is 2.27. The zero-order valence-electron chi connectivity index (χ0n) is 10.5. The monoisotopic (exact) mass is 286 g/mol. The minimum atomic E-state index is -0.301. The maximum atomic E-state index is 13.6. The lowest BCUT2D eigenvalue weighted by Gasteiger charge is -2.02. The van der Waals surface area contributed by atoms with Crippen LogP contribution in [0.2, 0.25) is 0 Å². The van der Waals surface area contributed by atoms with Crippen molar-refractivity contribution in [1.82, 2.24) is 10.3 Å². The third-order valence-electron chi connectivity index (χ3n) is 2.91. The Morgan fingerprint density at radius 3 is 2.95 bits per heavy atom. The molecule has 2 aromatic heterocycles. The van der Waals surface area contributed by atoms with E-state index in [1.54, 1.807) is 30.6 Å². The van der Waals surface area contributed by atoms with Gasteiger partial charge in [0.2, 0.25) is 0 Å². The molecular weight excluding hydrogens is 275 g/mol. The Morgan fingerprint density at radius 1 is 1.30 bits per heavy atom. The molecule has 0 saturated heterocycles. The summed E-state index contributed by atoms with van der Waals surface area (Å²) in [6.07, 6.45) is 3.38. The van der Waals surface area contributed by atoms with E-state index in [4.69, 9.17) is 0 Å². The molecule has 3 aromatic rings. The van der Waals surface area contributed by atoms with Crippen LogP contribution in [0.4, 0.5) is 4.39 Å². The Bertz CT molecular complexity index is 755. The molecule has 0 unspecified atom stereocenters. The highest BCUT2D eigenvalue weighted by molar-refractivity contribution is 7.20. The van der Waals surface area contributed by atoms with E-state index in [0.717, 1.165) is 10.3 Å². The minimum absolute atomic E-state index is 0.200. The summed E-state index contributed by atoms with van der Waals surface area (Å²) < 4.78 is 14.4. The summed E-state index contributed by atoms with van der Waals surface area (Å²) in [5, 5.41) is 3.29. The second-order valence-electron chi connectivity index (χ2n) is 4.31. The number of aromatic nitrogens is 1. The largest absolute Gasteiger partial charge is 0.347 e. The van der Waals surface area contributed by atoms with Gasteiger partial charge >= 0.3 is 0 Å². The number of nitrogens with zero attached hydrogens (tertiary/aromatic N) is 1. The number of pyridine rings is 1. The lowest BCUT2D eigenvalue weighted by Crippen LogP contribution is -2.21. The molecule has 0 saturated carbocycles. The van der Waals surface area contributed by atoms with Crippen LogP contribution in [0.25, 0.3) is 10.1 Å². The number of hydrogen-bond donors (Lipinski definition) is 1. The summed E-state index contributed by atoms with van der Waals surface area (Å²) in [4.78, 5) is 16.5. The SMILES string of the molecule is O=C(NCc1cccnc1)c1cc2c(F)cccc2s1. The topological polar surface area (TPSA) is 42.0 Å². The van der Waals surface area contributed by atoms with Gasteiger partial charge in [0, 0.05) is 29.0 Å². The third-order valence-corrected chi connectivity index (χ3v) is 4.01. The van der Waals surface area contributed by atoms with Gasteiger partial charge in [0.15, 0.2) is 0 Å². The van der Waals surface area contributed by atoms with Crippen molar-refractivity contribution >= 4 is 27.3 Å². The number of nitrogens with one attached hydrogen (secondary N) is 1. The van der Waals surface area contributed by atoms with Crippen LogP contribution in [0.5, 0.6) is 0 Å². The summed E-state index contributed by atoms with van der Waals surface area (Å²) in [5.74, 6) is -0.500. The molecule has 2 heterocycles. The van der Waals surface area contributed by atoms with E-state index in [-0.39, 0.29) is 11.7 Å². The smallest absolute Gasteiger partial charge is 0.261 e. The van der Waals surface area contributed by atoms with E-state index in [1.165, 1.54) is 17.4 Å². The normalized spacial score (nSPS) is 10.7. The molecule has 5 heteroatoms. The molecule has 0 spiro atoms. The first-order chi connectivity index (χ1) is 9.74. The molecule has 3 nitrogen and oxygen atoms in total. The molecule has 0 atom stereocenters. The molecule has 3 rings (SSSR count). The van der Waals surface area contributed by atoms with Gasteiger partial charge in [0.25, 0.3) is 5.91 Å². The predicted octanol–water partition coefficient (Wildman–Crippen LogP) is 3.37. The lowest BCUT2D eigenvalue weighted by atomic mass is 10.2. The standard InChI is InChI=1S/C15H11FN2OS/c16-12-4-1-5-13-11(12)7-14(20-13)15(19)18-9-10-3-2-6-17-8-10/h1-8H,9H2,(H,18,19). The van der Waals surface area contributed by atoms with Crippen molar-refractivity contribution in [2.45, 2.75) is 6.54 Å². The summed E-state index contributed by atoms with van der Waals surface area (Å²) in [7, 11) is 0. The second-order valence-corrected chi connectivity index (χ2v) is 5.39. The Hall–Kier alpha value is -2.27. The van der Waals surface area contributed by atoms with Crippen LogP contribution in [0.1, 0.15) is 15.2 Å². The molecule has 20 heavy (non-hydrogen) atoms. The van der Waals surface area contributed by atoms with Gasteiger partial charge in [-0.05, 0) is 29.8 Å². The van der Waals surface area contributed by atoms with Gasteiger partial charge in [0.05, 0.1) is 4.88 Å². The quantitative estimate of drug-likeness (QED) is 0.802. The number of carbonyl (C=O) groups excluding carboxylic acids is 1. The summed E-state index contributed by atoms with van der Waals surface area (Å²) in [6, 6.07) is 10.1. The van der Waals surface area contributed by atoms with E-state index in [1.807, 2.05) is 12.1 Å². The minimum Gasteiger partial charge on any atom is -0.347 e. The van der Waals surface area contributed by atoms with Crippen molar-refractivity contribution in [1.29, 1.82) is 0 Å². The zero-order chi connectivity index (χ0) is 13.9. The first kappa shape index (κ1) is 12.7. The van der Waals surface area contributed by atoms with Gasteiger partial charge in [-0.3, -0.25) is 9.78 Å². The first-order valence-electron chi connectivity index (χ1n) is 6.09. The zero-order valence-corrected chi connectivity index (χ0v) is 11.3. The van der Waals surface area contributed by atoms with Gasteiger partial charge in [0.1, 0.15) is 5.82 Å². The van der Waals surface area contributed by atoms with Crippen molar-refractivity contribution in [2.24, 2.45) is 0 Å². The van der Waals surface area contributed by atoms with Crippen LogP contribution in [0, 0.1) is 5.82 Å². The number of amides is 1. The van der Waals surface area contributed by atoms with Gasteiger partial charge < -0.3 is 5.32 Å². The molecule has 0 fully saturated rings. The lowest BCUT2D eigenvalue weighted by molar-refractivity contribution is 0.0955. The van der Waals surface area contributed by atoms with E-state index < -0.39 is 0 Å². The second kappa shape index (κ2) is 5.38. The highest BCUT2D eigenvalue weighted by atomic mass is 32.1. The first-order valence-corrected chi connectivity index (χ1v) is 6.91. The third kappa shape index (κ3) is 2.53. The van der Waals surface area contributed by atoms with Crippen molar-refractivity contribution in [3.8, 4) is 0 Å². The average molecular weight is 286 g/mol. The molecular formula is C15H11FN2OS. The van der Waals surface area contributed by atoms with E-state index in [0.29, 0.717) is 16.8 Å². The van der Waals surface area contributed by atoms with Crippen molar-refractivity contribution in [2.75, 3.05) is 0 Å². The number of thiophene rings is 1. The van der Waals surface area contributed by atoms with Crippen LogP contribution in [0.15, 0.2) is 48.8 Å². The molecule has 0 aliphatic heterocycles. The average Bonchev–Trinajstić information content (AvgIpc) is 2.91. The summed E-state index contributed by atoms with van der Waals surface area (Å²) >= 11 is 1.29. The number of hydrogen-bond acceptors (Lipinski definition) is 3. The van der Waals surface area contributed by atoms with Crippen LogP contribution in [-0.2, 0) is 6.54 Å². The van der Waals surface area contributed by atoms with Gasteiger partial charge in [-0.25, -0.2) is 4.39 Å². The fourth-order valence-corrected chi connectivity index (χ4v) is 2.90. The van der Waals surface area contributed by atoms with E-state index in [9.17, 15) is 9.18 Å².